The van der Waals surface area contributed by atoms with Crippen LogP contribution in [0.5, 0.6) is 0 Å². The molecule has 0 amide bonds. The Morgan fingerprint density at radius 3 is 2.76 bits per heavy atom. The molecule has 1 aliphatic rings. The Morgan fingerprint density at radius 1 is 1.24 bits per heavy atom. The van der Waals surface area contributed by atoms with Gasteiger partial charge in [0.15, 0.2) is 0 Å². The lowest BCUT2D eigenvalue weighted by Crippen LogP contribution is -2.21. The van der Waals surface area contributed by atoms with E-state index in [1.54, 1.807) is 36.0 Å². The summed E-state index contributed by atoms with van der Waals surface area (Å²) in [5, 5.41) is 6.22. The number of nitrogens with zero attached hydrogens (tertiary/aromatic N) is 1. The first-order valence-corrected chi connectivity index (χ1v) is 9.78. The predicted octanol–water partition coefficient (Wildman–Crippen LogP) is 4.78. The standard InChI is InChI=1S/C20H19ClN2OS/c1-22-12-14-10-11-25-20-18(14)16-4-2-3-5-17(16)23(20)19(24)13-6-8-15(21)9-7-13/h2-9,14,22H,10-12H2,1H3. The number of halogens is 1. The zero-order valence-electron chi connectivity index (χ0n) is 14.0. The quantitative estimate of drug-likeness (QED) is 0.720. The first-order valence-electron chi connectivity index (χ1n) is 8.41. The van der Waals surface area contributed by atoms with Crippen molar-refractivity contribution in [3.8, 4) is 0 Å². The monoisotopic (exact) mass is 370 g/mol. The van der Waals surface area contributed by atoms with Crippen molar-refractivity contribution in [2.45, 2.75) is 17.4 Å². The molecule has 0 spiro atoms. The van der Waals surface area contributed by atoms with Gasteiger partial charge < -0.3 is 5.32 Å². The summed E-state index contributed by atoms with van der Waals surface area (Å²) in [6.07, 6.45) is 1.13. The minimum atomic E-state index is 0.00623. The zero-order valence-corrected chi connectivity index (χ0v) is 15.5. The summed E-state index contributed by atoms with van der Waals surface area (Å²) < 4.78 is 1.89. The number of benzene rings is 2. The Hall–Kier alpha value is -1.75. The van der Waals surface area contributed by atoms with Gasteiger partial charge in [0.25, 0.3) is 5.91 Å². The summed E-state index contributed by atoms with van der Waals surface area (Å²) in [5.41, 5.74) is 2.95. The van der Waals surface area contributed by atoms with Gasteiger partial charge in [-0.25, -0.2) is 0 Å². The van der Waals surface area contributed by atoms with Crippen LogP contribution in [-0.2, 0) is 0 Å². The number of fused-ring (bicyclic) bond motifs is 3. The number of hydrogen-bond acceptors (Lipinski definition) is 3. The van der Waals surface area contributed by atoms with Crippen LogP contribution in [0.2, 0.25) is 5.02 Å². The van der Waals surface area contributed by atoms with Crippen LogP contribution in [0.3, 0.4) is 0 Å². The van der Waals surface area contributed by atoms with Gasteiger partial charge in [-0.3, -0.25) is 9.36 Å². The van der Waals surface area contributed by atoms with E-state index in [4.69, 9.17) is 11.6 Å². The molecule has 1 N–H and O–H groups in total. The van der Waals surface area contributed by atoms with Crippen LogP contribution < -0.4 is 5.32 Å². The summed E-state index contributed by atoms with van der Waals surface area (Å²) >= 11 is 7.76. The number of likely N-dealkylation sites (N-methyl/N-ethyl adjacent to an activating group) is 1. The highest BCUT2D eigenvalue weighted by molar-refractivity contribution is 7.99. The average molecular weight is 371 g/mol. The third-order valence-electron chi connectivity index (χ3n) is 4.73. The van der Waals surface area contributed by atoms with E-state index in [9.17, 15) is 4.79 Å². The number of carbonyl (C=O) groups is 1. The van der Waals surface area contributed by atoms with Crippen molar-refractivity contribution < 1.29 is 4.79 Å². The Labute approximate surface area is 156 Å². The molecule has 0 saturated heterocycles. The van der Waals surface area contributed by atoms with Gasteiger partial charge in [0.05, 0.1) is 10.5 Å². The van der Waals surface area contributed by atoms with Crippen molar-refractivity contribution in [3.63, 3.8) is 0 Å². The summed E-state index contributed by atoms with van der Waals surface area (Å²) in [6, 6.07) is 15.3. The first kappa shape index (κ1) is 16.7. The molecular weight excluding hydrogens is 352 g/mol. The number of para-hydroxylation sites is 1. The van der Waals surface area contributed by atoms with Crippen molar-refractivity contribution in [2.24, 2.45) is 0 Å². The molecule has 2 heterocycles. The number of rotatable bonds is 3. The maximum Gasteiger partial charge on any atom is 0.263 e. The van der Waals surface area contributed by atoms with E-state index in [-0.39, 0.29) is 5.91 Å². The highest BCUT2D eigenvalue weighted by atomic mass is 35.5. The highest BCUT2D eigenvalue weighted by Crippen LogP contribution is 2.43. The normalized spacial score (nSPS) is 16.8. The smallest absolute Gasteiger partial charge is 0.263 e. The molecule has 25 heavy (non-hydrogen) atoms. The number of nitrogens with one attached hydrogen (secondary N) is 1. The van der Waals surface area contributed by atoms with E-state index in [1.165, 1.54) is 10.9 Å². The number of hydrogen-bond donors (Lipinski definition) is 1. The largest absolute Gasteiger partial charge is 0.319 e. The molecule has 0 bridgehead atoms. The van der Waals surface area contributed by atoms with Crippen LogP contribution in [0.1, 0.15) is 28.3 Å². The number of aromatic nitrogens is 1. The molecule has 1 atom stereocenters. The van der Waals surface area contributed by atoms with Crippen molar-refractivity contribution in [1.82, 2.24) is 9.88 Å². The molecule has 3 aromatic rings. The van der Waals surface area contributed by atoms with Gasteiger partial charge in [-0.05, 0) is 49.4 Å². The minimum Gasteiger partial charge on any atom is -0.319 e. The molecule has 2 aromatic carbocycles. The second kappa shape index (κ2) is 6.87. The van der Waals surface area contributed by atoms with Gasteiger partial charge in [-0.1, -0.05) is 29.8 Å². The highest BCUT2D eigenvalue weighted by Gasteiger charge is 2.30. The lowest BCUT2D eigenvalue weighted by Gasteiger charge is -2.23. The SMILES string of the molecule is CNCC1CCSc2c1c1ccccc1n2C(=O)c1ccc(Cl)cc1. The van der Waals surface area contributed by atoms with E-state index in [0.717, 1.165) is 29.3 Å². The van der Waals surface area contributed by atoms with Crippen LogP contribution in [0, 0.1) is 0 Å². The van der Waals surface area contributed by atoms with Gasteiger partial charge in [0.2, 0.25) is 0 Å². The molecule has 3 nitrogen and oxygen atoms in total. The van der Waals surface area contributed by atoms with E-state index >= 15 is 0 Å². The number of thioether (sulfide) groups is 1. The molecule has 1 aromatic heterocycles. The van der Waals surface area contributed by atoms with E-state index < -0.39 is 0 Å². The first-order chi connectivity index (χ1) is 12.2. The van der Waals surface area contributed by atoms with Gasteiger partial charge in [0.1, 0.15) is 0 Å². The molecule has 5 heteroatoms. The van der Waals surface area contributed by atoms with Gasteiger partial charge in [-0.15, -0.1) is 11.8 Å². The third-order valence-corrected chi connectivity index (χ3v) is 6.09. The maximum atomic E-state index is 13.3. The Morgan fingerprint density at radius 2 is 2.00 bits per heavy atom. The van der Waals surface area contributed by atoms with Gasteiger partial charge in [-0.2, -0.15) is 0 Å². The molecule has 1 aliphatic heterocycles. The second-order valence-electron chi connectivity index (χ2n) is 6.28. The summed E-state index contributed by atoms with van der Waals surface area (Å²) in [6.45, 7) is 0.927. The van der Waals surface area contributed by atoms with Crippen molar-refractivity contribution in [1.29, 1.82) is 0 Å². The Kier molecular flexibility index (Phi) is 4.59. The molecular formula is C20H19ClN2OS. The predicted molar refractivity (Wildman–Crippen MR) is 105 cm³/mol. The topological polar surface area (TPSA) is 34.0 Å². The summed E-state index contributed by atoms with van der Waals surface area (Å²) in [4.78, 5) is 13.3. The van der Waals surface area contributed by atoms with E-state index in [2.05, 4.69) is 17.4 Å². The lowest BCUT2D eigenvalue weighted by molar-refractivity contribution is 0.0956. The van der Waals surface area contributed by atoms with E-state index in [0.29, 0.717) is 16.5 Å². The second-order valence-corrected chi connectivity index (χ2v) is 7.80. The van der Waals surface area contributed by atoms with Gasteiger partial charge in [0, 0.05) is 34.2 Å². The van der Waals surface area contributed by atoms with Crippen LogP contribution in [0.4, 0.5) is 0 Å². The van der Waals surface area contributed by atoms with Crippen LogP contribution in [0.25, 0.3) is 10.9 Å². The molecule has 1 unspecified atom stereocenters. The Balaban J connectivity index is 1.92. The fraction of sp³-hybridized carbons (Fsp3) is 0.250. The molecule has 0 aliphatic carbocycles. The minimum absolute atomic E-state index is 0.00623. The lowest BCUT2D eigenvalue weighted by atomic mass is 9.95. The fourth-order valence-corrected chi connectivity index (χ4v) is 5.06. The van der Waals surface area contributed by atoms with Crippen molar-refractivity contribution in [2.75, 3.05) is 19.3 Å². The summed E-state index contributed by atoms with van der Waals surface area (Å²) in [5.74, 6) is 1.47. The molecule has 0 saturated carbocycles. The molecule has 0 fully saturated rings. The molecule has 128 valence electrons. The molecule has 0 radical (unpaired) electrons. The third kappa shape index (κ3) is 2.88. The zero-order chi connectivity index (χ0) is 17.4. The van der Waals surface area contributed by atoms with Crippen LogP contribution in [-0.4, -0.2) is 29.8 Å². The van der Waals surface area contributed by atoms with Crippen molar-refractivity contribution in [3.05, 3.63) is 64.7 Å². The fourth-order valence-electron chi connectivity index (χ4n) is 3.59. The van der Waals surface area contributed by atoms with Crippen molar-refractivity contribution >= 4 is 40.2 Å². The van der Waals surface area contributed by atoms with Crippen LogP contribution >= 0.6 is 23.4 Å². The summed E-state index contributed by atoms with van der Waals surface area (Å²) in [7, 11) is 1.99. The Bertz CT molecular complexity index is 933. The number of carbonyl (C=O) groups excluding carboxylic acids is 1. The van der Waals surface area contributed by atoms with Crippen LogP contribution in [0.15, 0.2) is 53.6 Å². The van der Waals surface area contributed by atoms with Gasteiger partial charge >= 0.3 is 0 Å². The molecule has 4 rings (SSSR count). The van der Waals surface area contributed by atoms with E-state index in [1.807, 2.05) is 23.7 Å². The average Bonchev–Trinajstić information content (AvgIpc) is 2.97. The maximum absolute atomic E-state index is 13.3.